The van der Waals surface area contributed by atoms with Gasteiger partial charge in [0, 0.05) is 25.0 Å². The topological polar surface area (TPSA) is 56.1 Å². The Bertz CT molecular complexity index is 531. The van der Waals surface area contributed by atoms with Gasteiger partial charge in [-0.05, 0) is 29.7 Å². The van der Waals surface area contributed by atoms with E-state index in [1.807, 2.05) is 32.0 Å². The summed E-state index contributed by atoms with van der Waals surface area (Å²) in [5, 5.41) is 12.3. The SMILES string of the molecule is CC(C)C(C#N)CNc1ccc2c(c1)CC(=O)N2C. The summed E-state index contributed by atoms with van der Waals surface area (Å²) in [7, 11) is 1.80. The fourth-order valence-electron chi connectivity index (χ4n) is 2.24. The van der Waals surface area contributed by atoms with Crippen molar-refractivity contribution < 1.29 is 4.79 Å². The lowest BCUT2D eigenvalue weighted by Gasteiger charge is -2.15. The summed E-state index contributed by atoms with van der Waals surface area (Å²) < 4.78 is 0. The second kappa shape index (κ2) is 5.31. The van der Waals surface area contributed by atoms with Gasteiger partial charge in [-0.3, -0.25) is 4.79 Å². The molecule has 1 heterocycles. The Morgan fingerprint density at radius 2 is 2.21 bits per heavy atom. The van der Waals surface area contributed by atoms with Gasteiger partial charge in [-0.25, -0.2) is 0 Å². The molecule has 4 nitrogen and oxygen atoms in total. The van der Waals surface area contributed by atoms with Gasteiger partial charge in [0.25, 0.3) is 0 Å². The largest absolute Gasteiger partial charge is 0.384 e. The molecular formula is C15H19N3O. The Labute approximate surface area is 114 Å². The summed E-state index contributed by atoms with van der Waals surface area (Å²) in [6.45, 7) is 4.73. The highest BCUT2D eigenvalue weighted by Gasteiger charge is 2.23. The second-order valence-corrected chi connectivity index (χ2v) is 5.33. The normalized spacial score (nSPS) is 15.3. The molecule has 1 aliphatic heterocycles. The van der Waals surface area contributed by atoms with Crippen LogP contribution in [0.25, 0.3) is 0 Å². The molecule has 100 valence electrons. The number of nitrogens with zero attached hydrogens (tertiary/aromatic N) is 2. The number of likely N-dealkylation sites (N-methyl/N-ethyl adjacent to an activating group) is 1. The van der Waals surface area contributed by atoms with E-state index in [2.05, 4.69) is 11.4 Å². The van der Waals surface area contributed by atoms with Crippen LogP contribution in [0.1, 0.15) is 19.4 Å². The number of hydrogen-bond donors (Lipinski definition) is 1. The number of fused-ring (bicyclic) bond motifs is 1. The molecule has 0 fully saturated rings. The summed E-state index contributed by atoms with van der Waals surface area (Å²) in [5.41, 5.74) is 3.01. The molecule has 4 heteroatoms. The van der Waals surface area contributed by atoms with E-state index in [-0.39, 0.29) is 11.8 Å². The zero-order valence-electron chi connectivity index (χ0n) is 11.6. The number of carbonyl (C=O) groups is 1. The van der Waals surface area contributed by atoms with Crippen LogP contribution in [-0.4, -0.2) is 19.5 Å². The number of carbonyl (C=O) groups excluding carboxylic acids is 1. The van der Waals surface area contributed by atoms with E-state index >= 15 is 0 Å². The number of rotatable bonds is 4. The van der Waals surface area contributed by atoms with Crippen LogP contribution in [0.2, 0.25) is 0 Å². The Kier molecular flexibility index (Phi) is 3.75. The first-order valence-corrected chi connectivity index (χ1v) is 6.56. The van der Waals surface area contributed by atoms with Gasteiger partial charge in [0.05, 0.1) is 18.4 Å². The molecule has 0 aromatic heterocycles. The van der Waals surface area contributed by atoms with Crippen molar-refractivity contribution in [2.75, 3.05) is 23.8 Å². The summed E-state index contributed by atoms with van der Waals surface area (Å²) in [4.78, 5) is 13.3. The Balaban J connectivity index is 2.07. The van der Waals surface area contributed by atoms with E-state index in [1.165, 1.54) is 0 Å². The quantitative estimate of drug-likeness (QED) is 0.901. The van der Waals surface area contributed by atoms with Crippen molar-refractivity contribution in [1.29, 1.82) is 5.26 Å². The summed E-state index contributed by atoms with van der Waals surface area (Å²) in [6, 6.07) is 8.24. The Morgan fingerprint density at radius 1 is 1.47 bits per heavy atom. The van der Waals surface area contributed by atoms with Crippen molar-refractivity contribution in [2.45, 2.75) is 20.3 Å². The summed E-state index contributed by atoms with van der Waals surface area (Å²) >= 11 is 0. The smallest absolute Gasteiger partial charge is 0.231 e. The second-order valence-electron chi connectivity index (χ2n) is 5.33. The lowest BCUT2D eigenvalue weighted by Crippen LogP contribution is -2.20. The van der Waals surface area contributed by atoms with Crippen LogP contribution in [0.4, 0.5) is 11.4 Å². The maximum Gasteiger partial charge on any atom is 0.231 e. The lowest BCUT2D eigenvalue weighted by molar-refractivity contribution is -0.117. The van der Waals surface area contributed by atoms with Gasteiger partial charge in [0.2, 0.25) is 5.91 Å². The highest BCUT2D eigenvalue weighted by atomic mass is 16.2. The Morgan fingerprint density at radius 3 is 2.84 bits per heavy atom. The maximum atomic E-state index is 11.6. The van der Waals surface area contributed by atoms with Gasteiger partial charge in [-0.2, -0.15) is 5.26 Å². The van der Waals surface area contributed by atoms with E-state index in [1.54, 1.807) is 11.9 Å². The molecule has 1 aromatic rings. The van der Waals surface area contributed by atoms with Gasteiger partial charge in [0.1, 0.15) is 0 Å². The number of nitriles is 1. The number of amides is 1. The fourth-order valence-corrected chi connectivity index (χ4v) is 2.24. The number of hydrogen-bond acceptors (Lipinski definition) is 3. The minimum atomic E-state index is -0.00226. The van der Waals surface area contributed by atoms with Gasteiger partial charge in [-0.15, -0.1) is 0 Å². The molecule has 1 N–H and O–H groups in total. The average Bonchev–Trinajstić information content (AvgIpc) is 2.65. The number of benzene rings is 1. The molecule has 0 bridgehead atoms. The molecule has 0 aliphatic carbocycles. The Hall–Kier alpha value is -2.02. The molecule has 19 heavy (non-hydrogen) atoms. The van der Waals surface area contributed by atoms with Gasteiger partial charge < -0.3 is 10.2 Å². The van der Waals surface area contributed by atoms with E-state index in [0.717, 1.165) is 16.9 Å². The highest BCUT2D eigenvalue weighted by molar-refractivity contribution is 6.01. The van der Waals surface area contributed by atoms with Crippen LogP contribution < -0.4 is 10.2 Å². The summed E-state index contributed by atoms with van der Waals surface area (Å²) in [6.07, 6.45) is 0.465. The highest BCUT2D eigenvalue weighted by Crippen LogP contribution is 2.30. The zero-order valence-corrected chi connectivity index (χ0v) is 11.6. The van der Waals surface area contributed by atoms with E-state index < -0.39 is 0 Å². The molecule has 1 aromatic carbocycles. The minimum Gasteiger partial charge on any atom is -0.384 e. The van der Waals surface area contributed by atoms with Crippen LogP contribution in [-0.2, 0) is 11.2 Å². The average molecular weight is 257 g/mol. The molecule has 1 aliphatic rings. The molecule has 1 atom stereocenters. The molecule has 0 radical (unpaired) electrons. The predicted molar refractivity (Wildman–Crippen MR) is 76.0 cm³/mol. The van der Waals surface area contributed by atoms with Crippen molar-refractivity contribution in [2.24, 2.45) is 11.8 Å². The van der Waals surface area contributed by atoms with Crippen LogP contribution in [0, 0.1) is 23.2 Å². The molecule has 1 amide bonds. The van der Waals surface area contributed by atoms with E-state index in [0.29, 0.717) is 18.9 Å². The third kappa shape index (κ3) is 2.70. The van der Waals surface area contributed by atoms with Crippen molar-refractivity contribution in [3.05, 3.63) is 23.8 Å². The molecule has 0 saturated carbocycles. The van der Waals surface area contributed by atoms with Crippen molar-refractivity contribution >= 4 is 17.3 Å². The number of nitrogens with one attached hydrogen (secondary N) is 1. The van der Waals surface area contributed by atoms with Crippen LogP contribution in [0.15, 0.2) is 18.2 Å². The minimum absolute atomic E-state index is 0.00226. The molecule has 2 rings (SSSR count). The first-order chi connectivity index (χ1) is 9.02. The molecule has 0 saturated heterocycles. The van der Waals surface area contributed by atoms with Crippen molar-refractivity contribution in [1.82, 2.24) is 0 Å². The van der Waals surface area contributed by atoms with Gasteiger partial charge in [0.15, 0.2) is 0 Å². The van der Waals surface area contributed by atoms with Gasteiger partial charge >= 0.3 is 0 Å². The number of anilines is 2. The third-order valence-corrected chi connectivity index (χ3v) is 3.65. The first-order valence-electron chi connectivity index (χ1n) is 6.56. The standard InChI is InChI=1S/C15H19N3O/c1-10(2)12(8-16)9-17-13-4-5-14-11(6-13)7-15(19)18(14)3/h4-6,10,12,17H,7,9H2,1-3H3. The van der Waals surface area contributed by atoms with E-state index in [9.17, 15) is 4.79 Å². The van der Waals surface area contributed by atoms with Crippen molar-refractivity contribution in [3.63, 3.8) is 0 Å². The molecule has 1 unspecified atom stereocenters. The van der Waals surface area contributed by atoms with Crippen LogP contribution in [0.5, 0.6) is 0 Å². The van der Waals surface area contributed by atoms with Crippen LogP contribution in [0.3, 0.4) is 0 Å². The molecular weight excluding hydrogens is 238 g/mol. The molecule has 0 spiro atoms. The van der Waals surface area contributed by atoms with Crippen molar-refractivity contribution in [3.8, 4) is 6.07 Å². The monoisotopic (exact) mass is 257 g/mol. The predicted octanol–water partition coefficient (Wildman–Crippen LogP) is 2.41. The fraction of sp³-hybridized carbons (Fsp3) is 0.467. The maximum absolute atomic E-state index is 11.6. The lowest BCUT2D eigenvalue weighted by atomic mass is 9.97. The zero-order chi connectivity index (χ0) is 14.0. The van der Waals surface area contributed by atoms with Gasteiger partial charge in [-0.1, -0.05) is 13.8 Å². The third-order valence-electron chi connectivity index (χ3n) is 3.65. The van der Waals surface area contributed by atoms with E-state index in [4.69, 9.17) is 5.26 Å². The summed E-state index contributed by atoms with van der Waals surface area (Å²) in [5.74, 6) is 0.460. The van der Waals surface area contributed by atoms with Crippen LogP contribution >= 0.6 is 0 Å². The first kappa shape index (κ1) is 13.4.